The van der Waals surface area contributed by atoms with E-state index in [1.54, 1.807) is 61.2 Å². The Morgan fingerprint density at radius 1 is 0.972 bits per heavy atom. The van der Waals surface area contributed by atoms with Gasteiger partial charge in [-0.25, -0.2) is 14.6 Å². The van der Waals surface area contributed by atoms with Crippen LogP contribution >= 0.6 is 0 Å². The Balaban J connectivity index is 1.28. The highest BCUT2D eigenvalue weighted by atomic mass is 16.5. The van der Waals surface area contributed by atoms with Crippen LogP contribution in [-0.2, 0) is 11.8 Å². The molecule has 36 heavy (non-hydrogen) atoms. The summed E-state index contributed by atoms with van der Waals surface area (Å²) >= 11 is 0. The SMILES string of the molecule is Cc1c(C(=O)Nc2ccc(Oc3ccnc(NC(=O)C4CC4)c3)cn2)c(=O)n(-c2ccccc2)n1C. The normalized spacial score (nSPS) is 12.7. The van der Waals surface area contributed by atoms with Gasteiger partial charge in [0.1, 0.15) is 28.7 Å². The van der Waals surface area contributed by atoms with E-state index < -0.39 is 11.5 Å². The second-order valence-electron chi connectivity index (χ2n) is 8.51. The fourth-order valence-electron chi connectivity index (χ4n) is 3.78. The Kier molecular flexibility index (Phi) is 6.07. The van der Waals surface area contributed by atoms with Gasteiger partial charge in [0, 0.05) is 25.2 Å². The minimum absolute atomic E-state index is 0.0365. The van der Waals surface area contributed by atoms with Gasteiger partial charge in [-0.2, -0.15) is 0 Å². The molecule has 3 heterocycles. The van der Waals surface area contributed by atoms with Gasteiger partial charge >= 0.3 is 0 Å². The van der Waals surface area contributed by atoms with Crippen molar-refractivity contribution in [1.29, 1.82) is 0 Å². The average Bonchev–Trinajstić information content (AvgIpc) is 3.69. The standard InChI is InChI=1S/C26H24N6O4/c1-16-23(26(35)32(31(16)2)18-6-4-3-5-7-18)25(34)29-21-11-10-20(15-28-21)36-19-12-13-27-22(14-19)30-24(33)17-8-9-17/h3-7,10-15,17H,8-9H2,1-2H3,(H,27,30,33)(H,28,29,34). The van der Waals surface area contributed by atoms with Crippen molar-refractivity contribution in [2.75, 3.05) is 10.6 Å². The van der Waals surface area contributed by atoms with E-state index in [0.717, 1.165) is 12.8 Å². The van der Waals surface area contributed by atoms with Crippen molar-refractivity contribution in [3.63, 3.8) is 0 Å². The van der Waals surface area contributed by atoms with Crippen LogP contribution in [0, 0.1) is 12.8 Å². The molecule has 10 heteroatoms. The quantitative estimate of drug-likeness (QED) is 0.413. The third-order valence-electron chi connectivity index (χ3n) is 5.93. The molecule has 10 nitrogen and oxygen atoms in total. The number of aromatic nitrogens is 4. The zero-order valence-electron chi connectivity index (χ0n) is 19.8. The van der Waals surface area contributed by atoms with Crippen LogP contribution in [0.25, 0.3) is 5.69 Å². The first-order chi connectivity index (χ1) is 17.4. The van der Waals surface area contributed by atoms with E-state index in [-0.39, 0.29) is 23.2 Å². The lowest BCUT2D eigenvalue weighted by Gasteiger charge is -2.09. The monoisotopic (exact) mass is 484 g/mol. The van der Waals surface area contributed by atoms with Crippen LogP contribution in [0.15, 0.2) is 71.8 Å². The number of nitrogens with zero attached hydrogens (tertiary/aromatic N) is 4. The average molecular weight is 485 g/mol. The first-order valence-electron chi connectivity index (χ1n) is 11.5. The molecule has 0 spiro atoms. The van der Waals surface area contributed by atoms with E-state index in [4.69, 9.17) is 4.74 Å². The number of pyridine rings is 2. The third kappa shape index (κ3) is 4.74. The Hall–Kier alpha value is -4.73. The minimum Gasteiger partial charge on any atom is -0.456 e. The topological polar surface area (TPSA) is 120 Å². The molecule has 0 aliphatic heterocycles. The van der Waals surface area contributed by atoms with E-state index in [9.17, 15) is 14.4 Å². The number of ether oxygens (including phenoxy) is 1. The maximum Gasteiger partial charge on any atom is 0.284 e. The van der Waals surface area contributed by atoms with E-state index in [1.165, 1.54) is 10.9 Å². The van der Waals surface area contributed by atoms with Crippen molar-refractivity contribution in [3.05, 3.63) is 88.6 Å². The van der Waals surface area contributed by atoms with Gasteiger partial charge < -0.3 is 15.4 Å². The van der Waals surface area contributed by atoms with Crippen molar-refractivity contribution >= 4 is 23.5 Å². The molecular weight excluding hydrogens is 460 g/mol. The van der Waals surface area contributed by atoms with Crippen LogP contribution in [0.2, 0.25) is 0 Å². The van der Waals surface area contributed by atoms with E-state index >= 15 is 0 Å². The zero-order chi connectivity index (χ0) is 25.2. The number of anilines is 2. The molecule has 4 aromatic rings. The fourth-order valence-corrected chi connectivity index (χ4v) is 3.78. The molecule has 182 valence electrons. The molecule has 1 aromatic carbocycles. The van der Waals surface area contributed by atoms with E-state index in [0.29, 0.717) is 28.7 Å². The van der Waals surface area contributed by atoms with Crippen LogP contribution in [0.3, 0.4) is 0 Å². The van der Waals surface area contributed by atoms with Crippen molar-refractivity contribution in [2.45, 2.75) is 19.8 Å². The van der Waals surface area contributed by atoms with Crippen LogP contribution in [0.1, 0.15) is 28.9 Å². The van der Waals surface area contributed by atoms with Gasteiger partial charge in [-0.1, -0.05) is 18.2 Å². The number of carbonyl (C=O) groups is 2. The molecule has 1 aliphatic carbocycles. The van der Waals surface area contributed by atoms with E-state index in [1.807, 2.05) is 18.2 Å². The number of para-hydroxylation sites is 1. The molecular formula is C26H24N6O4. The fraction of sp³-hybridized carbons (Fsp3) is 0.192. The molecule has 0 unspecified atom stereocenters. The van der Waals surface area contributed by atoms with Gasteiger partial charge in [-0.05, 0) is 50.1 Å². The molecule has 1 fully saturated rings. The molecule has 1 saturated carbocycles. The lowest BCUT2D eigenvalue weighted by molar-refractivity contribution is -0.117. The molecule has 5 rings (SSSR count). The predicted molar refractivity (Wildman–Crippen MR) is 134 cm³/mol. The Bertz CT molecular complexity index is 1490. The number of hydrogen-bond donors (Lipinski definition) is 2. The number of nitrogens with one attached hydrogen (secondary N) is 2. The Morgan fingerprint density at radius 2 is 1.75 bits per heavy atom. The molecule has 3 aromatic heterocycles. The van der Waals surface area contributed by atoms with Crippen LogP contribution in [0.4, 0.5) is 11.6 Å². The summed E-state index contributed by atoms with van der Waals surface area (Å²) in [6.07, 6.45) is 4.82. The molecule has 0 atom stereocenters. The van der Waals surface area contributed by atoms with Crippen molar-refractivity contribution in [1.82, 2.24) is 19.3 Å². The van der Waals surface area contributed by atoms with Crippen molar-refractivity contribution in [2.24, 2.45) is 13.0 Å². The molecule has 0 saturated heterocycles. The van der Waals surface area contributed by atoms with Crippen molar-refractivity contribution < 1.29 is 14.3 Å². The number of amides is 2. The molecule has 1 aliphatic rings. The second kappa shape index (κ2) is 9.49. The zero-order valence-corrected chi connectivity index (χ0v) is 19.8. The lowest BCUT2D eigenvalue weighted by atomic mass is 10.2. The minimum atomic E-state index is -0.547. The van der Waals surface area contributed by atoms with Gasteiger partial charge in [0.25, 0.3) is 11.5 Å². The maximum absolute atomic E-state index is 13.0. The molecule has 0 radical (unpaired) electrons. The summed E-state index contributed by atoms with van der Waals surface area (Å²) in [5, 5.41) is 5.46. The second-order valence-corrected chi connectivity index (χ2v) is 8.51. The summed E-state index contributed by atoms with van der Waals surface area (Å²) < 4.78 is 8.90. The number of hydrogen-bond acceptors (Lipinski definition) is 6. The summed E-state index contributed by atoms with van der Waals surface area (Å²) in [4.78, 5) is 46.3. The molecule has 2 N–H and O–H groups in total. The number of rotatable bonds is 7. The van der Waals surface area contributed by atoms with Gasteiger partial charge in [0.2, 0.25) is 5.91 Å². The Labute approximate surface area is 206 Å². The van der Waals surface area contributed by atoms with E-state index in [2.05, 4.69) is 20.6 Å². The Morgan fingerprint density at radius 3 is 2.44 bits per heavy atom. The first-order valence-corrected chi connectivity index (χ1v) is 11.5. The smallest absolute Gasteiger partial charge is 0.284 e. The number of carbonyl (C=O) groups excluding carboxylic acids is 2. The van der Waals surface area contributed by atoms with Crippen LogP contribution < -0.4 is 20.9 Å². The van der Waals surface area contributed by atoms with Gasteiger partial charge in [-0.15, -0.1) is 0 Å². The highest BCUT2D eigenvalue weighted by Crippen LogP contribution is 2.30. The van der Waals surface area contributed by atoms with Crippen LogP contribution in [-0.4, -0.2) is 31.1 Å². The third-order valence-corrected chi connectivity index (χ3v) is 5.93. The highest BCUT2D eigenvalue weighted by Gasteiger charge is 2.29. The summed E-state index contributed by atoms with van der Waals surface area (Å²) in [5.74, 6) is 1.09. The molecule has 0 bridgehead atoms. The largest absolute Gasteiger partial charge is 0.456 e. The molecule has 2 amide bonds. The summed E-state index contributed by atoms with van der Waals surface area (Å²) in [6, 6.07) is 15.6. The first kappa shape index (κ1) is 23.0. The maximum atomic E-state index is 13.0. The lowest BCUT2D eigenvalue weighted by Crippen LogP contribution is -2.25. The predicted octanol–water partition coefficient (Wildman–Crippen LogP) is 3.67. The summed E-state index contributed by atoms with van der Waals surface area (Å²) in [7, 11) is 1.73. The van der Waals surface area contributed by atoms with Gasteiger partial charge in [0.15, 0.2) is 0 Å². The highest BCUT2D eigenvalue weighted by molar-refractivity contribution is 6.04. The summed E-state index contributed by atoms with van der Waals surface area (Å²) in [5.41, 5.74) is 0.823. The summed E-state index contributed by atoms with van der Waals surface area (Å²) in [6.45, 7) is 1.72. The number of benzene rings is 1. The van der Waals surface area contributed by atoms with Crippen LogP contribution in [0.5, 0.6) is 11.5 Å². The van der Waals surface area contributed by atoms with Gasteiger partial charge in [-0.3, -0.25) is 19.1 Å². The van der Waals surface area contributed by atoms with Crippen molar-refractivity contribution in [3.8, 4) is 17.2 Å². The van der Waals surface area contributed by atoms with Gasteiger partial charge in [0.05, 0.1) is 17.6 Å².